The summed E-state index contributed by atoms with van der Waals surface area (Å²) in [6, 6.07) is 0. The van der Waals surface area contributed by atoms with Crippen molar-refractivity contribution in [3.8, 4) is 0 Å². The van der Waals surface area contributed by atoms with Gasteiger partial charge in [0, 0.05) is 0 Å². The summed E-state index contributed by atoms with van der Waals surface area (Å²) < 4.78 is 0. The van der Waals surface area contributed by atoms with Crippen molar-refractivity contribution in [1.29, 1.82) is 0 Å². The van der Waals surface area contributed by atoms with Crippen molar-refractivity contribution in [2.24, 2.45) is 0 Å². The molecule has 0 heterocycles. The van der Waals surface area contributed by atoms with Gasteiger partial charge in [0.1, 0.15) is 0 Å². The van der Waals surface area contributed by atoms with E-state index in [4.69, 9.17) is 0 Å². The van der Waals surface area contributed by atoms with E-state index in [2.05, 4.69) is 28.1 Å². The summed E-state index contributed by atoms with van der Waals surface area (Å²) in [4.78, 5) is 0. The Bertz CT molecular complexity index is 9.65. The van der Waals surface area contributed by atoms with Gasteiger partial charge in [-0.05, 0) is 0 Å². The first-order valence-electron chi connectivity index (χ1n) is 0.309. The molecule has 0 aliphatic rings. The molecule has 7 heavy (non-hydrogen) atoms. The molecule has 7 heteroatoms. The molecule has 0 unspecified atom stereocenters. The second-order valence-electron chi connectivity index (χ2n) is 0.0583. The monoisotopic (exact) mass is 282 g/mol. The van der Waals surface area contributed by atoms with Crippen LogP contribution in [-0.4, -0.2) is 21.9 Å². The van der Waals surface area contributed by atoms with Crippen molar-refractivity contribution in [3.05, 3.63) is 0 Å². The fourth-order valence-electron chi connectivity index (χ4n) is 0. The van der Waals surface area contributed by atoms with Crippen molar-refractivity contribution in [2.45, 2.75) is 0 Å². The summed E-state index contributed by atoms with van der Waals surface area (Å²) in [7, 11) is 0. The Hall–Kier alpha value is 1.33. The molecule has 0 bridgehead atoms. The van der Waals surface area contributed by atoms with Crippen molar-refractivity contribution < 1.29 is 33.5 Å². The molecule has 0 atom stereocenters. The van der Waals surface area contributed by atoms with Crippen molar-refractivity contribution >= 4 is 28.1 Å². The number of halogens is 2. The summed E-state index contributed by atoms with van der Waals surface area (Å²) in [5.74, 6) is 0. The Balaban J connectivity index is -0.00000000333. The molecule has 0 saturated heterocycles. The molecule has 0 aromatic carbocycles. The van der Waals surface area contributed by atoms with Gasteiger partial charge < -0.3 is 21.9 Å². The Morgan fingerprint density at radius 3 is 0.714 bits per heavy atom. The molecule has 0 spiro atoms. The second-order valence-corrected chi connectivity index (χ2v) is 6.49. The van der Waals surface area contributed by atoms with Crippen LogP contribution in [0.15, 0.2) is 0 Å². The molecule has 0 radical (unpaired) electrons. The van der Waals surface area contributed by atoms with E-state index in [1.807, 2.05) is 0 Å². The van der Waals surface area contributed by atoms with E-state index in [9.17, 15) is 0 Å². The van der Waals surface area contributed by atoms with Gasteiger partial charge in [-0.25, -0.2) is 0 Å². The van der Waals surface area contributed by atoms with Gasteiger partial charge in [-0.2, -0.15) is 0 Å². The van der Waals surface area contributed by atoms with Crippen LogP contribution >= 0.6 is 28.1 Å². The van der Waals surface area contributed by atoms with E-state index < -0.39 is 0 Å². The first-order chi connectivity index (χ1) is 1.41. The predicted octanol–water partition coefficient (Wildman–Crippen LogP) is -1.61. The van der Waals surface area contributed by atoms with E-state index in [0.29, 0.717) is 11.6 Å². The van der Waals surface area contributed by atoms with Gasteiger partial charge in [0.15, 0.2) is 0 Å². The Morgan fingerprint density at radius 1 is 0.714 bits per heavy atom. The molecule has 0 aliphatic carbocycles. The van der Waals surface area contributed by atoms with Crippen LogP contribution in [0, 0.1) is 0 Å². The maximum atomic E-state index is 3.12. The van der Waals surface area contributed by atoms with Gasteiger partial charge in [-0.1, -0.05) is 0 Å². The molecular weight excluding hydrogens is 276 g/mol. The van der Waals surface area contributed by atoms with E-state index >= 15 is 0 Å². The summed E-state index contributed by atoms with van der Waals surface area (Å²) in [6.45, 7) is 0. The maximum absolute atomic E-state index is 3.12. The minimum atomic E-state index is 0. The van der Waals surface area contributed by atoms with Gasteiger partial charge in [-0.15, -0.1) is 0 Å². The van der Waals surface area contributed by atoms with Crippen LogP contribution in [0.2, 0.25) is 0 Å². The second kappa shape index (κ2) is 54.0. The minimum absolute atomic E-state index is 0. The van der Waals surface area contributed by atoms with Crippen LogP contribution in [0.1, 0.15) is 0 Å². The standard InChI is InChI=1S/2BrH.Cr.4H2O/h2*1H;;4*1H2/q;;+2;;;;/p-2. The van der Waals surface area contributed by atoms with E-state index in [1.165, 1.54) is 0 Å². The first kappa shape index (κ1) is 40.3. The van der Waals surface area contributed by atoms with Crippen LogP contribution in [0.5, 0.6) is 0 Å². The quantitative estimate of drug-likeness (QED) is 0.507. The average Bonchev–Trinajstić information content (AvgIpc) is 0.918. The number of hydrogen-bond acceptors (Lipinski definition) is 0. The summed E-state index contributed by atoms with van der Waals surface area (Å²) in [5.41, 5.74) is 0. The molecule has 52 valence electrons. The number of rotatable bonds is 0. The molecule has 0 saturated carbocycles. The predicted molar refractivity (Wildman–Crippen MR) is 32.3 cm³/mol. The topological polar surface area (TPSA) is 126 Å². The average molecular weight is 284 g/mol. The molecule has 0 aliphatic heterocycles. The normalized spacial score (nSPS) is 2.57. The van der Waals surface area contributed by atoms with Crippen LogP contribution in [-0.2, 0) is 11.6 Å². The van der Waals surface area contributed by atoms with E-state index in [0.717, 1.165) is 0 Å². The first-order valence-corrected chi connectivity index (χ1v) is 6.61. The summed E-state index contributed by atoms with van der Waals surface area (Å²) in [5, 5.41) is 0. The molecule has 8 N–H and O–H groups in total. The zero-order chi connectivity index (χ0) is 2.71. The molecule has 0 fully saturated rings. The summed E-state index contributed by atoms with van der Waals surface area (Å²) >= 11 is 6.75. The third-order valence-corrected chi connectivity index (χ3v) is 0. The van der Waals surface area contributed by atoms with Gasteiger partial charge in [0.05, 0.1) is 0 Å². The van der Waals surface area contributed by atoms with Gasteiger partial charge in [0.2, 0.25) is 0 Å². The summed E-state index contributed by atoms with van der Waals surface area (Å²) in [6.07, 6.45) is 0. The SMILES string of the molecule is O.O.O.O.[Br][Cr][Br]. The fourth-order valence-corrected chi connectivity index (χ4v) is 0. The molecular formula is H8Br2CrO4. The third-order valence-electron chi connectivity index (χ3n) is 0. The van der Waals surface area contributed by atoms with Crippen LogP contribution in [0.4, 0.5) is 0 Å². The Kier molecular flexibility index (Phi) is 311. The van der Waals surface area contributed by atoms with Crippen LogP contribution in [0.25, 0.3) is 0 Å². The van der Waals surface area contributed by atoms with E-state index in [-0.39, 0.29) is 21.9 Å². The van der Waals surface area contributed by atoms with Gasteiger partial charge >= 0.3 is 39.7 Å². The van der Waals surface area contributed by atoms with Crippen LogP contribution in [0.3, 0.4) is 0 Å². The third kappa shape index (κ3) is 117. The Labute approximate surface area is 61.5 Å². The van der Waals surface area contributed by atoms with Crippen molar-refractivity contribution in [2.75, 3.05) is 0 Å². The molecule has 0 aromatic rings. The van der Waals surface area contributed by atoms with Gasteiger partial charge in [-0.3, -0.25) is 0 Å². The Morgan fingerprint density at radius 2 is 0.714 bits per heavy atom. The molecule has 0 rings (SSSR count). The van der Waals surface area contributed by atoms with Crippen LogP contribution < -0.4 is 0 Å². The fraction of sp³-hybridized carbons (Fsp3) is 0. The number of hydrogen-bond donors (Lipinski definition) is 0. The molecule has 4 nitrogen and oxygen atoms in total. The van der Waals surface area contributed by atoms with E-state index in [1.54, 1.807) is 0 Å². The van der Waals surface area contributed by atoms with Gasteiger partial charge in [0.25, 0.3) is 0 Å². The zero-order valence-corrected chi connectivity index (χ0v) is 7.61. The van der Waals surface area contributed by atoms with Crippen molar-refractivity contribution in [1.82, 2.24) is 0 Å². The zero-order valence-electron chi connectivity index (χ0n) is 3.16. The molecule has 0 aromatic heterocycles. The molecule has 0 amide bonds. The van der Waals surface area contributed by atoms with Crippen molar-refractivity contribution in [3.63, 3.8) is 0 Å².